The summed E-state index contributed by atoms with van der Waals surface area (Å²) in [7, 11) is 0. The zero-order chi connectivity index (χ0) is 19.5. The number of fused-ring (bicyclic) bond motifs is 6. The van der Waals surface area contributed by atoms with Crippen molar-refractivity contribution in [2.24, 2.45) is 5.73 Å². The van der Waals surface area contributed by atoms with E-state index in [1.807, 2.05) is 18.3 Å². The predicted molar refractivity (Wildman–Crippen MR) is 115 cm³/mol. The molecule has 2 heterocycles. The molecule has 1 unspecified atom stereocenters. The van der Waals surface area contributed by atoms with Crippen LogP contribution in [-0.2, 0) is 6.42 Å². The topological polar surface area (TPSA) is 87.6 Å². The number of nitrogens with two attached hydrogens (primary N) is 1. The van der Waals surface area contributed by atoms with E-state index >= 15 is 0 Å². The number of nitrogens with zero attached hydrogens (tertiary/aromatic N) is 1. The summed E-state index contributed by atoms with van der Waals surface area (Å²) in [6, 6.07) is 16.5. The number of hydrogen-bond donors (Lipinski definition) is 3. The van der Waals surface area contributed by atoms with Gasteiger partial charge in [0, 0.05) is 33.8 Å². The average Bonchev–Trinajstić information content (AvgIpc) is 3.37. The molecule has 0 saturated carbocycles. The van der Waals surface area contributed by atoms with Crippen molar-refractivity contribution < 1.29 is 4.79 Å². The molecule has 0 saturated heterocycles. The number of benzene rings is 3. The first-order chi connectivity index (χ1) is 14.2. The second-order valence-corrected chi connectivity index (χ2v) is 7.92. The van der Waals surface area contributed by atoms with E-state index in [4.69, 9.17) is 10.7 Å². The summed E-state index contributed by atoms with van der Waals surface area (Å²) in [4.78, 5) is 16.6. The van der Waals surface area contributed by atoms with Crippen molar-refractivity contribution in [2.75, 3.05) is 0 Å². The number of rotatable bonds is 2. The molecule has 1 aliphatic carbocycles. The smallest absolute Gasteiger partial charge is 0.248 e. The molecule has 142 valence electrons. The summed E-state index contributed by atoms with van der Waals surface area (Å²) in [5.74, 6) is -0.0720. The van der Waals surface area contributed by atoms with Gasteiger partial charge in [0.25, 0.3) is 0 Å². The van der Waals surface area contributed by atoms with Crippen LogP contribution in [0.15, 0.2) is 54.7 Å². The van der Waals surface area contributed by atoms with Gasteiger partial charge in [-0.05, 0) is 60.2 Å². The highest BCUT2D eigenvalue weighted by Crippen LogP contribution is 2.42. The molecule has 29 heavy (non-hydrogen) atoms. The number of H-pyrrole nitrogens is 2. The molecule has 0 radical (unpaired) electrons. The number of carbonyl (C=O) groups excluding carboxylic acids is 1. The standard InChI is InChI=1S/C24H20N4O/c25-24(29)14-8-9-21-18(10-14)19-11-17(20-12-26-28-23(20)22(19)27-21)16-7-3-5-13-4-1-2-6-15(13)16/h1-2,4,6,8-12,16,26,28H,3,5,7H2,(H2,25,29). The van der Waals surface area contributed by atoms with Crippen LogP contribution >= 0.6 is 0 Å². The Morgan fingerprint density at radius 1 is 1.03 bits per heavy atom. The molecule has 5 heteroatoms. The summed E-state index contributed by atoms with van der Waals surface area (Å²) in [5.41, 5.74) is 13.0. The Morgan fingerprint density at radius 3 is 2.83 bits per heavy atom. The molecule has 2 aromatic heterocycles. The third-order valence-electron chi connectivity index (χ3n) is 6.33. The van der Waals surface area contributed by atoms with Gasteiger partial charge in [0.15, 0.2) is 0 Å². The number of aromatic amines is 2. The van der Waals surface area contributed by atoms with Crippen molar-refractivity contribution in [1.82, 2.24) is 15.2 Å². The van der Waals surface area contributed by atoms with Gasteiger partial charge in [0.05, 0.1) is 16.6 Å². The molecule has 1 aliphatic rings. The largest absolute Gasteiger partial charge is 0.366 e. The van der Waals surface area contributed by atoms with Crippen LogP contribution in [0.4, 0.5) is 0 Å². The van der Waals surface area contributed by atoms with E-state index in [1.54, 1.807) is 6.07 Å². The molecule has 1 amide bonds. The Kier molecular flexibility index (Phi) is 3.36. The number of amides is 1. The van der Waals surface area contributed by atoms with Crippen LogP contribution in [0.25, 0.3) is 32.7 Å². The first-order valence-corrected chi connectivity index (χ1v) is 10.00. The molecular formula is C24H20N4O. The fourth-order valence-electron chi connectivity index (χ4n) is 4.98. The lowest BCUT2D eigenvalue weighted by Gasteiger charge is -2.26. The quantitative estimate of drug-likeness (QED) is 0.412. The van der Waals surface area contributed by atoms with Gasteiger partial charge in [-0.2, -0.15) is 0 Å². The fourth-order valence-corrected chi connectivity index (χ4v) is 4.98. The maximum atomic E-state index is 11.7. The van der Waals surface area contributed by atoms with Crippen LogP contribution in [0.3, 0.4) is 0 Å². The van der Waals surface area contributed by atoms with Crippen LogP contribution < -0.4 is 5.73 Å². The molecule has 3 aromatic carbocycles. The highest BCUT2D eigenvalue weighted by molar-refractivity contribution is 6.17. The normalized spacial score (nSPS) is 16.5. The number of aryl methyl sites for hydroxylation is 1. The number of aromatic nitrogens is 3. The van der Waals surface area contributed by atoms with Gasteiger partial charge in [-0.1, -0.05) is 24.3 Å². The summed E-state index contributed by atoms with van der Waals surface area (Å²) >= 11 is 0. The summed E-state index contributed by atoms with van der Waals surface area (Å²) in [6.45, 7) is 0. The third-order valence-corrected chi connectivity index (χ3v) is 6.33. The molecule has 0 bridgehead atoms. The lowest BCUT2D eigenvalue weighted by molar-refractivity contribution is 0.100. The fraction of sp³-hybridized carbons (Fsp3) is 0.167. The van der Waals surface area contributed by atoms with E-state index in [0.717, 1.165) is 40.2 Å². The van der Waals surface area contributed by atoms with Crippen molar-refractivity contribution >= 4 is 38.6 Å². The molecule has 0 spiro atoms. The number of primary amides is 1. The Balaban J connectivity index is 1.68. The van der Waals surface area contributed by atoms with Gasteiger partial charge in [-0.25, -0.2) is 4.98 Å². The van der Waals surface area contributed by atoms with Crippen molar-refractivity contribution in [3.63, 3.8) is 0 Å². The van der Waals surface area contributed by atoms with Gasteiger partial charge in [0.1, 0.15) is 0 Å². The minimum Gasteiger partial charge on any atom is -0.366 e. The minimum absolute atomic E-state index is 0.348. The molecule has 0 fully saturated rings. The molecule has 1 atom stereocenters. The second kappa shape index (κ2) is 5.95. The van der Waals surface area contributed by atoms with Crippen LogP contribution in [-0.4, -0.2) is 21.1 Å². The summed E-state index contributed by atoms with van der Waals surface area (Å²) < 4.78 is 0. The van der Waals surface area contributed by atoms with E-state index in [0.29, 0.717) is 11.5 Å². The lowest BCUT2D eigenvalue weighted by Crippen LogP contribution is -2.11. The molecule has 4 N–H and O–H groups in total. The Labute approximate surface area is 166 Å². The Bertz CT molecular complexity index is 1430. The average molecular weight is 380 g/mol. The zero-order valence-corrected chi connectivity index (χ0v) is 15.8. The summed E-state index contributed by atoms with van der Waals surface area (Å²) in [5, 5.41) is 9.66. The van der Waals surface area contributed by atoms with E-state index < -0.39 is 5.91 Å². The van der Waals surface area contributed by atoms with Crippen molar-refractivity contribution in [2.45, 2.75) is 25.2 Å². The van der Waals surface area contributed by atoms with E-state index in [1.165, 1.54) is 28.5 Å². The first-order valence-electron chi connectivity index (χ1n) is 10.00. The predicted octanol–water partition coefficient (Wildman–Crippen LogP) is 4.76. The maximum absolute atomic E-state index is 11.7. The molecular weight excluding hydrogens is 360 g/mol. The molecule has 5 nitrogen and oxygen atoms in total. The highest BCUT2D eigenvalue weighted by atomic mass is 16.1. The second-order valence-electron chi connectivity index (χ2n) is 7.92. The van der Waals surface area contributed by atoms with Crippen LogP contribution in [0, 0.1) is 0 Å². The molecule has 5 aromatic rings. The van der Waals surface area contributed by atoms with Gasteiger partial charge < -0.3 is 10.8 Å². The summed E-state index contributed by atoms with van der Waals surface area (Å²) in [6.07, 6.45) is 5.48. The number of nitrogens with one attached hydrogen (secondary N) is 2. The van der Waals surface area contributed by atoms with Crippen LogP contribution in [0.1, 0.15) is 45.8 Å². The Morgan fingerprint density at radius 2 is 1.93 bits per heavy atom. The third kappa shape index (κ3) is 2.34. The lowest BCUT2D eigenvalue weighted by atomic mass is 9.78. The highest BCUT2D eigenvalue weighted by Gasteiger charge is 2.25. The molecule has 0 aliphatic heterocycles. The van der Waals surface area contributed by atoms with E-state index in [-0.39, 0.29) is 0 Å². The van der Waals surface area contributed by atoms with Gasteiger partial charge in [0.2, 0.25) is 5.91 Å². The first kappa shape index (κ1) is 16.4. The van der Waals surface area contributed by atoms with Gasteiger partial charge >= 0.3 is 0 Å². The maximum Gasteiger partial charge on any atom is 0.248 e. The minimum atomic E-state index is -0.419. The van der Waals surface area contributed by atoms with E-state index in [2.05, 4.69) is 40.5 Å². The van der Waals surface area contributed by atoms with Crippen molar-refractivity contribution in [3.05, 3.63) is 77.0 Å². The SMILES string of the molecule is NC(=O)c1ccc2nc3c(cc(C4CCCc5ccccc54)c4c[nH][nH]c43)c2c1. The Hall–Kier alpha value is -3.60. The van der Waals surface area contributed by atoms with Crippen molar-refractivity contribution in [1.29, 1.82) is 0 Å². The van der Waals surface area contributed by atoms with Crippen LogP contribution in [0.2, 0.25) is 0 Å². The van der Waals surface area contributed by atoms with Crippen molar-refractivity contribution in [3.8, 4) is 0 Å². The van der Waals surface area contributed by atoms with E-state index in [9.17, 15) is 4.79 Å². The van der Waals surface area contributed by atoms with Crippen LogP contribution in [0.5, 0.6) is 0 Å². The monoisotopic (exact) mass is 380 g/mol. The number of hydrogen-bond acceptors (Lipinski definition) is 2. The van der Waals surface area contributed by atoms with Gasteiger partial charge in [-0.15, -0.1) is 0 Å². The molecule has 6 rings (SSSR count). The van der Waals surface area contributed by atoms with Gasteiger partial charge in [-0.3, -0.25) is 9.89 Å². The zero-order valence-electron chi connectivity index (χ0n) is 15.8. The number of carbonyl (C=O) groups is 1.